The molecule has 0 fully saturated rings. The standard InChI is InChI=1S/C16H15FN2O2/c1-21-15-5-3-2-4-14(15)19-16(20)9-7-11-6-8-12(17)13(18)10-11/h2-10H,18H2,1H3,(H,19,20)/b9-7+. The Bertz CT molecular complexity index is 684. The van der Waals surface area contributed by atoms with Gasteiger partial charge in [0.25, 0.3) is 0 Å². The summed E-state index contributed by atoms with van der Waals surface area (Å²) in [5.74, 6) is -0.224. The van der Waals surface area contributed by atoms with Crippen molar-refractivity contribution in [3.05, 3.63) is 59.9 Å². The number of nitrogens with one attached hydrogen (secondary N) is 1. The van der Waals surface area contributed by atoms with Crippen LogP contribution in [0.5, 0.6) is 5.75 Å². The van der Waals surface area contributed by atoms with Gasteiger partial charge in [-0.05, 0) is 35.9 Å². The van der Waals surface area contributed by atoms with E-state index in [1.807, 2.05) is 6.07 Å². The predicted molar refractivity (Wildman–Crippen MR) is 81.5 cm³/mol. The fourth-order valence-electron chi connectivity index (χ4n) is 1.76. The predicted octanol–water partition coefficient (Wildman–Crippen LogP) is 3.07. The summed E-state index contributed by atoms with van der Waals surface area (Å²) in [5.41, 5.74) is 6.73. The van der Waals surface area contributed by atoms with Crippen LogP contribution in [-0.2, 0) is 4.79 Å². The van der Waals surface area contributed by atoms with Crippen LogP contribution in [0.3, 0.4) is 0 Å². The number of anilines is 2. The van der Waals surface area contributed by atoms with E-state index in [2.05, 4.69) is 5.32 Å². The number of benzene rings is 2. The van der Waals surface area contributed by atoms with E-state index in [0.717, 1.165) is 0 Å². The van der Waals surface area contributed by atoms with Crippen LogP contribution in [0.2, 0.25) is 0 Å². The first-order valence-electron chi connectivity index (χ1n) is 6.27. The third-order valence-electron chi connectivity index (χ3n) is 2.81. The highest BCUT2D eigenvalue weighted by Gasteiger charge is 2.04. The minimum Gasteiger partial charge on any atom is -0.495 e. The topological polar surface area (TPSA) is 64.3 Å². The Morgan fingerprint density at radius 1 is 1.29 bits per heavy atom. The van der Waals surface area contributed by atoms with Crippen LogP contribution in [0.25, 0.3) is 6.08 Å². The molecule has 1 amide bonds. The summed E-state index contributed by atoms with van der Waals surface area (Å²) in [6.45, 7) is 0. The van der Waals surface area contributed by atoms with Gasteiger partial charge in [-0.3, -0.25) is 4.79 Å². The van der Waals surface area contributed by atoms with Gasteiger partial charge >= 0.3 is 0 Å². The summed E-state index contributed by atoms with van der Waals surface area (Å²) in [4.78, 5) is 11.8. The number of rotatable bonds is 4. The van der Waals surface area contributed by atoms with Crippen molar-refractivity contribution in [2.24, 2.45) is 0 Å². The summed E-state index contributed by atoms with van der Waals surface area (Å²) in [6, 6.07) is 11.3. The molecule has 0 atom stereocenters. The van der Waals surface area contributed by atoms with E-state index in [9.17, 15) is 9.18 Å². The molecule has 2 rings (SSSR count). The number of nitrogen functional groups attached to an aromatic ring is 1. The van der Waals surface area contributed by atoms with Crippen molar-refractivity contribution in [1.82, 2.24) is 0 Å². The minimum atomic E-state index is -0.481. The van der Waals surface area contributed by atoms with E-state index < -0.39 is 5.82 Å². The summed E-state index contributed by atoms with van der Waals surface area (Å²) >= 11 is 0. The first kappa shape index (κ1) is 14.6. The molecule has 0 radical (unpaired) electrons. The number of amides is 1. The molecule has 3 N–H and O–H groups in total. The first-order chi connectivity index (χ1) is 10.1. The number of hydrogen-bond acceptors (Lipinski definition) is 3. The molecular weight excluding hydrogens is 271 g/mol. The van der Waals surface area contributed by atoms with Crippen molar-refractivity contribution in [1.29, 1.82) is 0 Å². The SMILES string of the molecule is COc1ccccc1NC(=O)/C=C/c1ccc(F)c(N)c1. The van der Waals surface area contributed by atoms with Crippen LogP contribution in [0.15, 0.2) is 48.5 Å². The summed E-state index contributed by atoms with van der Waals surface area (Å²) in [7, 11) is 1.53. The highest BCUT2D eigenvalue weighted by atomic mass is 19.1. The van der Waals surface area contributed by atoms with Crippen molar-refractivity contribution in [3.63, 3.8) is 0 Å². The zero-order valence-corrected chi connectivity index (χ0v) is 11.5. The normalized spacial score (nSPS) is 10.6. The van der Waals surface area contributed by atoms with Crippen molar-refractivity contribution < 1.29 is 13.9 Å². The van der Waals surface area contributed by atoms with Crippen LogP contribution in [0.4, 0.5) is 15.8 Å². The monoisotopic (exact) mass is 286 g/mol. The highest BCUT2D eigenvalue weighted by molar-refractivity contribution is 6.02. The minimum absolute atomic E-state index is 0.0438. The molecule has 0 bridgehead atoms. The average Bonchev–Trinajstić information content (AvgIpc) is 2.49. The zero-order valence-electron chi connectivity index (χ0n) is 11.5. The van der Waals surface area contributed by atoms with Crippen LogP contribution >= 0.6 is 0 Å². The van der Waals surface area contributed by atoms with Crippen LogP contribution in [0.1, 0.15) is 5.56 Å². The fraction of sp³-hybridized carbons (Fsp3) is 0.0625. The molecule has 0 aromatic heterocycles. The molecule has 108 valence electrons. The maximum Gasteiger partial charge on any atom is 0.248 e. The van der Waals surface area contributed by atoms with Crippen LogP contribution in [-0.4, -0.2) is 13.0 Å². The Morgan fingerprint density at radius 2 is 2.05 bits per heavy atom. The number of para-hydroxylation sites is 2. The number of methoxy groups -OCH3 is 1. The molecule has 0 aliphatic rings. The fourth-order valence-corrected chi connectivity index (χ4v) is 1.76. The van der Waals surface area contributed by atoms with Gasteiger partial charge in [-0.1, -0.05) is 18.2 Å². The van der Waals surface area contributed by atoms with E-state index in [0.29, 0.717) is 17.0 Å². The summed E-state index contributed by atoms with van der Waals surface area (Å²) in [6.07, 6.45) is 2.90. The third-order valence-corrected chi connectivity index (χ3v) is 2.81. The lowest BCUT2D eigenvalue weighted by Crippen LogP contribution is -2.08. The van der Waals surface area contributed by atoms with Gasteiger partial charge in [0, 0.05) is 6.08 Å². The van der Waals surface area contributed by atoms with Gasteiger partial charge in [0.1, 0.15) is 11.6 Å². The van der Waals surface area contributed by atoms with Crippen molar-refractivity contribution in [3.8, 4) is 5.75 Å². The van der Waals surface area contributed by atoms with Gasteiger partial charge in [-0.2, -0.15) is 0 Å². The largest absolute Gasteiger partial charge is 0.495 e. The Balaban J connectivity index is 2.07. The van der Waals surface area contributed by atoms with Crippen LogP contribution < -0.4 is 15.8 Å². The summed E-state index contributed by atoms with van der Waals surface area (Å²) < 4.78 is 18.2. The quantitative estimate of drug-likeness (QED) is 0.670. The molecule has 0 heterocycles. The number of carbonyl (C=O) groups excluding carboxylic acids is 1. The number of ether oxygens (including phenoxy) is 1. The van der Waals surface area contributed by atoms with Crippen LogP contribution in [0, 0.1) is 5.82 Å². The van der Waals surface area contributed by atoms with Crippen molar-refractivity contribution in [2.45, 2.75) is 0 Å². The molecular formula is C16H15FN2O2. The molecule has 0 aliphatic carbocycles. The number of nitrogens with two attached hydrogens (primary N) is 1. The number of hydrogen-bond donors (Lipinski definition) is 2. The van der Waals surface area contributed by atoms with E-state index >= 15 is 0 Å². The molecule has 0 saturated carbocycles. The molecule has 4 nitrogen and oxygen atoms in total. The highest BCUT2D eigenvalue weighted by Crippen LogP contribution is 2.23. The third kappa shape index (κ3) is 3.82. The second kappa shape index (κ2) is 6.56. The van der Waals surface area contributed by atoms with Gasteiger partial charge in [0.2, 0.25) is 5.91 Å². The molecule has 5 heteroatoms. The maximum atomic E-state index is 13.0. The average molecular weight is 286 g/mol. The lowest BCUT2D eigenvalue weighted by atomic mass is 10.2. The maximum absolute atomic E-state index is 13.0. The molecule has 2 aromatic carbocycles. The molecule has 0 saturated heterocycles. The van der Waals surface area contributed by atoms with Gasteiger partial charge in [-0.25, -0.2) is 4.39 Å². The Morgan fingerprint density at radius 3 is 2.76 bits per heavy atom. The molecule has 2 aromatic rings. The molecule has 21 heavy (non-hydrogen) atoms. The zero-order chi connectivity index (χ0) is 15.2. The van der Waals surface area contributed by atoms with Gasteiger partial charge < -0.3 is 15.8 Å². The van der Waals surface area contributed by atoms with E-state index in [1.54, 1.807) is 30.3 Å². The van der Waals surface area contributed by atoms with Gasteiger partial charge in [0.15, 0.2) is 0 Å². The van der Waals surface area contributed by atoms with Gasteiger partial charge in [0.05, 0.1) is 18.5 Å². The smallest absolute Gasteiger partial charge is 0.248 e. The van der Waals surface area contributed by atoms with Crippen molar-refractivity contribution in [2.75, 3.05) is 18.2 Å². The molecule has 0 aliphatic heterocycles. The Kier molecular flexibility index (Phi) is 4.56. The van der Waals surface area contributed by atoms with E-state index in [4.69, 9.17) is 10.5 Å². The van der Waals surface area contributed by atoms with E-state index in [-0.39, 0.29) is 11.6 Å². The molecule has 0 unspecified atom stereocenters. The lowest BCUT2D eigenvalue weighted by molar-refractivity contribution is -0.111. The second-order valence-electron chi connectivity index (χ2n) is 4.30. The molecule has 0 spiro atoms. The van der Waals surface area contributed by atoms with Crippen molar-refractivity contribution >= 4 is 23.4 Å². The Hall–Kier alpha value is -2.82. The van der Waals surface area contributed by atoms with E-state index in [1.165, 1.54) is 25.3 Å². The number of carbonyl (C=O) groups is 1. The lowest BCUT2D eigenvalue weighted by Gasteiger charge is -2.07. The second-order valence-corrected chi connectivity index (χ2v) is 4.30. The first-order valence-corrected chi connectivity index (χ1v) is 6.27. The van der Waals surface area contributed by atoms with Gasteiger partial charge in [-0.15, -0.1) is 0 Å². The summed E-state index contributed by atoms with van der Waals surface area (Å²) in [5, 5.41) is 2.70. The number of halogens is 1. The Labute approximate surface area is 122 Å².